The lowest BCUT2D eigenvalue weighted by Gasteiger charge is -2.09. The molecule has 644 valence electrons. The Morgan fingerprint density at radius 2 is 0.559 bits per heavy atom. The second-order valence-electron chi connectivity index (χ2n) is 31.9. The predicted molar refractivity (Wildman–Crippen MR) is 503 cm³/mol. The molecule has 0 radical (unpaired) electrons. The van der Waals surface area contributed by atoms with Crippen molar-refractivity contribution in [2.45, 2.75) is 203 Å². The number of ketones is 2. The summed E-state index contributed by atoms with van der Waals surface area (Å²) in [7, 11) is 0. The van der Waals surface area contributed by atoms with Crippen LogP contribution in [0, 0.1) is 115 Å². The average Bonchev–Trinajstić information content (AvgIpc) is 1.67. The molecule has 0 saturated heterocycles. The molecule has 0 spiro atoms. The van der Waals surface area contributed by atoms with Gasteiger partial charge in [0.05, 0.1) is 22.3 Å². The fourth-order valence-electron chi connectivity index (χ4n) is 14.8. The molecule has 8 aromatic heterocycles. The molecule has 21 nitrogen and oxygen atoms in total. The number of anilines is 5. The summed E-state index contributed by atoms with van der Waals surface area (Å²) in [6.45, 7) is 15.7. The fourth-order valence-corrected chi connectivity index (χ4v) is 14.8. The Labute approximate surface area is 743 Å². The van der Waals surface area contributed by atoms with Crippen LogP contribution in [0.25, 0.3) is 22.6 Å². The molecule has 14 rings (SSSR count). The van der Waals surface area contributed by atoms with Crippen LogP contribution in [0.1, 0.15) is 256 Å². The molecule has 0 aliphatic heterocycles. The van der Waals surface area contributed by atoms with Gasteiger partial charge in [-0.3, -0.25) is 33.6 Å². The normalized spacial score (nSPS) is 11.4. The number of amides is 4. The number of carbonyl (C=O) groups excluding carboxylic acids is 7. The summed E-state index contributed by atoms with van der Waals surface area (Å²) in [5.74, 6) is 30.5. The third-order valence-electron chi connectivity index (χ3n) is 21.5. The van der Waals surface area contributed by atoms with Crippen molar-refractivity contribution in [2.24, 2.45) is 0 Å². The first kappa shape index (κ1) is 91.4. The van der Waals surface area contributed by atoms with Crippen molar-refractivity contribution in [3.05, 3.63) is 290 Å². The highest BCUT2D eigenvalue weighted by molar-refractivity contribution is 6.13. The molecular formula is C106H107N13O8. The smallest absolute Gasteiger partial charge is 0.306 e. The Kier molecular flexibility index (Phi) is 32.7. The van der Waals surface area contributed by atoms with Crippen LogP contribution in [0.5, 0.6) is 0 Å². The van der Waals surface area contributed by atoms with E-state index in [9.17, 15) is 33.6 Å². The van der Waals surface area contributed by atoms with Crippen molar-refractivity contribution in [3.63, 3.8) is 0 Å². The minimum Gasteiger partial charge on any atom is -0.446 e. The number of aromatic nitrogens is 8. The standard InChI is InChI=1S/C42H40N6O2.C32H32N4O.C32H35N3O5/c1-29-27-31(3)47-25-23-37(39(47)43-29)41(49)45-35-19-15-33(16-20-35)13-11-9-7-5-6-8-10-12-14-34-17-21-36(22-18-34)46-42(50)38-24-26-48-32(4)28-30(2)44-40(38)48;1-24-23-25(2)36-22-21-30(31(36)34-24)32(37)35-29-19-15-27(16-20-29)12-10-8-6-4-3-5-7-9-11-26-13-17-28(33)18-14-26;1-22-21-23(2)35-20-19-26(31(35)33-22)32(39)34-25-15-13-24(14-16-25)11-9-7-5-3-4-6-8-10-12-29(38)40-30-27(36)17-18-28(30)37/h15-28H,5-10H2,1-4H3,(H,45,49)(H,46,50);13-23H,3-8,33H2,1-2H3,(H,35,37);13-16,19-21,30H,3-8,10,12,17-18H2,1-2H3,(H,34,39). The average molecular weight is 1690 g/mol. The number of benzene rings is 5. The summed E-state index contributed by atoms with van der Waals surface area (Å²) in [6.07, 6.45) is 25.8. The maximum absolute atomic E-state index is 12.9. The molecular weight excluding hydrogens is 1580 g/mol. The summed E-state index contributed by atoms with van der Waals surface area (Å²) in [5.41, 5.74) is 26.5. The van der Waals surface area contributed by atoms with Gasteiger partial charge in [0.25, 0.3) is 23.6 Å². The van der Waals surface area contributed by atoms with Crippen LogP contribution < -0.4 is 27.0 Å². The maximum atomic E-state index is 12.9. The largest absolute Gasteiger partial charge is 0.446 e. The van der Waals surface area contributed by atoms with Crippen molar-refractivity contribution in [1.29, 1.82) is 0 Å². The molecule has 0 bridgehead atoms. The number of rotatable bonds is 27. The number of esters is 1. The first-order chi connectivity index (χ1) is 61.5. The predicted octanol–water partition coefficient (Wildman–Crippen LogP) is 20.5. The van der Waals surface area contributed by atoms with Crippen molar-refractivity contribution < 1.29 is 38.3 Å². The van der Waals surface area contributed by atoms with Crippen LogP contribution in [-0.2, 0) is 19.1 Å². The molecule has 127 heavy (non-hydrogen) atoms. The van der Waals surface area contributed by atoms with Gasteiger partial charge < -0.3 is 49.3 Å². The number of ether oxygens (including phenoxy) is 1. The highest BCUT2D eigenvalue weighted by Gasteiger charge is 2.36. The van der Waals surface area contributed by atoms with Gasteiger partial charge in [0, 0.05) is 178 Å². The number of nitrogen functional groups attached to an aromatic ring is 1. The molecule has 1 aliphatic rings. The first-order valence-corrected chi connectivity index (χ1v) is 43.6. The van der Waals surface area contributed by atoms with E-state index in [1.54, 1.807) is 24.3 Å². The zero-order valence-electron chi connectivity index (χ0n) is 73.5. The third kappa shape index (κ3) is 26.6. The van der Waals surface area contributed by atoms with Crippen molar-refractivity contribution in [1.82, 2.24) is 37.5 Å². The van der Waals surface area contributed by atoms with Gasteiger partial charge in [0.15, 0.2) is 11.6 Å². The van der Waals surface area contributed by atoms with E-state index < -0.39 is 12.1 Å². The minimum atomic E-state index is -1.16. The van der Waals surface area contributed by atoms with Crippen LogP contribution in [0.3, 0.4) is 0 Å². The van der Waals surface area contributed by atoms with Gasteiger partial charge in [-0.15, -0.1) is 0 Å². The Bertz CT molecular complexity index is 6310. The molecule has 1 saturated carbocycles. The van der Waals surface area contributed by atoms with E-state index in [1.807, 2.05) is 243 Å². The molecule has 1 fully saturated rings. The van der Waals surface area contributed by atoms with E-state index in [4.69, 9.17) is 10.5 Å². The number of Topliss-reactive ketones (excluding diaryl/α,β-unsaturated/α-hetero) is 2. The lowest BCUT2D eigenvalue weighted by molar-refractivity contribution is -0.157. The van der Waals surface area contributed by atoms with Gasteiger partial charge >= 0.3 is 5.97 Å². The molecule has 0 atom stereocenters. The Balaban J connectivity index is 0.000000175. The zero-order valence-corrected chi connectivity index (χ0v) is 73.5. The number of nitrogens with zero attached hydrogens (tertiary/aromatic N) is 8. The molecule has 4 amide bonds. The van der Waals surface area contributed by atoms with E-state index in [0.29, 0.717) is 57.0 Å². The van der Waals surface area contributed by atoms with Gasteiger partial charge in [0.2, 0.25) is 6.10 Å². The van der Waals surface area contributed by atoms with Crippen molar-refractivity contribution in [3.8, 4) is 59.2 Å². The quantitative estimate of drug-likeness (QED) is 0.0105. The number of aryl methyl sites for hydroxylation is 8. The second kappa shape index (κ2) is 45.5. The number of unbranched alkanes of at least 4 members (excludes halogenated alkanes) is 16. The molecule has 5 aromatic carbocycles. The number of nitrogens with two attached hydrogens (primary N) is 1. The minimum absolute atomic E-state index is 0.171. The lowest BCUT2D eigenvalue weighted by Crippen LogP contribution is -2.28. The summed E-state index contributed by atoms with van der Waals surface area (Å²) in [5, 5.41) is 11.8. The van der Waals surface area contributed by atoms with E-state index in [0.717, 1.165) is 205 Å². The molecule has 6 N–H and O–H groups in total. The number of nitrogens with one attached hydrogen (secondary N) is 4. The van der Waals surface area contributed by atoms with Gasteiger partial charge in [-0.1, -0.05) is 111 Å². The molecule has 13 aromatic rings. The van der Waals surface area contributed by atoms with E-state index in [2.05, 4.69) is 100 Å². The van der Waals surface area contributed by atoms with E-state index in [-0.39, 0.29) is 54.5 Å². The molecule has 21 heteroatoms. The molecule has 8 heterocycles. The monoisotopic (exact) mass is 1690 g/mol. The van der Waals surface area contributed by atoms with Crippen LogP contribution in [0.15, 0.2) is 195 Å². The summed E-state index contributed by atoms with van der Waals surface area (Å²) in [6, 6.07) is 53.2. The Hall–Kier alpha value is -14.9. The van der Waals surface area contributed by atoms with Crippen molar-refractivity contribution in [2.75, 3.05) is 27.0 Å². The van der Waals surface area contributed by atoms with Crippen LogP contribution in [0.4, 0.5) is 28.4 Å². The van der Waals surface area contributed by atoms with Crippen LogP contribution in [0.2, 0.25) is 0 Å². The maximum Gasteiger partial charge on any atom is 0.306 e. The number of hydrogen-bond acceptors (Lipinski definition) is 13. The topological polar surface area (TPSA) is 272 Å². The SMILES string of the molecule is Cc1cc(C)n2ccc(C(=O)Nc3ccc(C#CCCCCCCC#Cc4ccc(N)cc4)cc3)c2n1.Cc1cc(C)n2ccc(C(=O)Nc3ccc(C#CCCCCCCC#Cc4ccc(NC(=O)c5ccn6c(C)cc(C)nc56)cc4)cc3)c2n1.Cc1cc(C)n2ccc(C(=O)Nc3ccc(C#CCCCCCCCCC(=O)OC4C(=O)CCC4=O)cc3)c2n1. The Morgan fingerprint density at radius 1 is 0.331 bits per heavy atom. The van der Waals surface area contributed by atoms with Crippen molar-refractivity contribution >= 4 is 92.2 Å². The van der Waals surface area contributed by atoms with Crippen LogP contribution in [-0.4, -0.2) is 84.8 Å². The first-order valence-electron chi connectivity index (χ1n) is 43.6. The highest BCUT2D eigenvalue weighted by Crippen LogP contribution is 2.25. The van der Waals surface area contributed by atoms with Gasteiger partial charge in [0.1, 0.15) is 22.6 Å². The summed E-state index contributed by atoms with van der Waals surface area (Å²) < 4.78 is 12.7. The van der Waals surface area contributed by atoms with E-state index in [1.165, 1.54) is 6.42 Å². The zero-order chi connectivity index (χ0) is 89.6. The third-order valence-corrected chi connectivity index (χ3v) is 21.5. The molecule has 1 aliphatic carbocycles. The second-order valence-corrected chi connectivity index (χ2v) is 31.9. The van der Waals surface area contributed by atoms with Crippen LogP contribution >= 0.6 is 0 Å². The summed E-state index contributed by atoms with van der Waals surface area (Å²) >= 11 is 0. The number of fused-ring (bicyclic) bond motifs is 4. The van der Waals surface area contributed by atoms with Gasteiger partial charge in [-0.2, -0.15) is 0 Å². The van der Waals surface area contributed by atoms with Gasteiger partial charge in [-0.25, -0.2) is 19.9 Å². The van der Waals surface area contributed by atoms with Gasteiger partial charge in [-0.05, 0) is 264 Å². The highest BCUT2D eigenvalue weighted by atomic mass is 16.6. The number of hydrogen-bond donors (Lipinski definition) is 5. The Morgan fingerprint density at radius 3 is 0.811 bits per heavy atom. The fraction of sp³-hybridized carbons (Fsp3) is 0.292. The van der Waals surface area contributed by atoms with E-state index >= 15 is 0 Å². The molecule has 0 unspecified atom stereocenters. The number of carbonyl (C=O) groups is 7. The summed E-state index contributed by atoms with van der Waals surface area (Å²) in [4.78, 5) is 105. The lowest BCUT2D eigenvalue weighted by atomic mass is 10.1.